The van der Waals surface area contributed by atoms with Crippen LogP contribution in [0.2, 0.25) is 0 Å². The van der Waals surface area contributed by atoms with Gasteiger partial charge in [-0.1, -0.05) is 39.2 Å². The third kappa shape index (κ3) is 4.96. The minimum atomic E-state index is 1.13. The Kier molecular flexibility index (Phi) is 6.06. The number of pyridine rings is 1. The highest BCUT2D eigenvalue weighted by Gasteiger charge is 1.96. The third-order valence-electron chi connectivity index (χ3n) is 2.74. The van der Waals surface area contributed by atoms with Crippen LogP contribution in [0.3, 0.4) is 0 Å². The molecule has 0 spiro atoms. The molecule has 1 aromatic heterocycles. The van der Waals surface area contributed by atoms with Crippen LogP contribution >= 0.6 is 0 Å². The van der Waals surface area contributed by atoms with Crippen molar-refractivity contribution in [1.29, 1.82) is 0 Å². The summed E-state index contributed by atoms with van der Waals surface area (Å²) < 4.78 is 0. The Bertz CT molecular complexity index is 251. The highest BCUT2D eigenvalue weighted by Crippen LogP contribution is 2.08. The summed E-state index contributed by atoms with van der Waals surface area (Å²) in [6, 6.07) is 4.44. The fourth-order valence-electron chi connectivity index (χ4n) is 1.69. The number of rotatable bonds is 7. The molecule has 0 saturated heterocycles. The molecule has 1 nitrogen and oxygen atoms in total. The molecule has 1 rings (SSSR count). The van der Waals surface area contributed by atoms with Crippen LogP contribution in [0.4, 0.5) is 0 Å². The van der Waals surface area contributed by atoms with E-state index in [1.165, 1.54) is 49.8 Å². The van der Waals surface area contributed by atoms with Crippen molar-refractivity contribution >= 4 is 0 Å². The van der Waals surface area contributed by atoms with Gasteiger partial charge >= 0.3 is 0 Å². The predicted octanol–water partition coefficient (Wildman–Crippen LogP) is 4.16. The van der Waals surface area contributed by atoms with Crippen LogP contribution in [0, 0.1) is 0 Å². The first-order chi connectivity index (χ1) is 7.36. The zero-order valence-electron chi connectivity index (χ0n) is 10.1. The quantitative estimate of drug-likeness (QED) is 0.609. The van der Waals surface area contributed by atoms with E-state index in [0.717, 1.165) is 6.42 Å². The molecule has 0 aliphatic carbocycles. The van der Waals surface area contributed by atoms with Gasteiger partial charge in [-0.05, 0) is 37.3 Å². The largest absolute Gasteiger partial charge is 0.261 e. The van der Waals surface area contributed by atoms with E-state index in [1.54, 1.807) is 0 Å². The van der Waals surface area contributed by atoms with Gasteiger partial charge in [-0.25, -0.2) is 0 Å². The molecule has 84 valence electrons. The molecule has 0 saturated carbocycles. The van der Waals surface area contributed by atoms with Crippen molar-refractivity contribution in [2.24, 2.45) is 0 Å². The summed E-state index contributed by atoms with van der Waals surface area (Å²) >= 11 is 0. The molecule has 0 unspecified atom stereocenters. The maximum atomic E-state index is 4.49. The van der Waals surface area contributed by atoms with E-state index in [9.17, 15) is 0 Å². The number of nitrogens with zero attached hydrogens (tertiary/aromatic N) is 1. The van der Waals surface area contributed by atoms with E-state index in [-0.39, 0.29) is 0 Å². The summed E-state index contributed by atoms with van der Waals surface area (Å²) in [7, 11) is 0. The second-order valence-electron chi connectivity index (χ2n) is 4.22. The standard InChI is InChI=1S/C14H23N/c1-3-5-7-8-13-10-11-14(15-12-13)9-6-4-2/h10-12H,3-9H2,1-2H3. The monoisotopic (exact) mass is 205 g/mol. The zero-order chi connectivity index (χ0) is 10.9. The first-order valence-corrected chi connectivity index (χ1v) is 6.30. The summed E-state index contributed by atoms with van der Waals surface area (Å²) in [6.07, 6.45) is 10.8. The average molecular weight is 205 g/mol. The van der Waals surface area contributed by atoms with Gasteiger partial charge in [0, 0.05) is 11.9 Å². The molecule has 1 heteroatoms. The van der Waals surface area contributed by atoms with Crippen molar-refractivity contribution in [3.05, 3.63) is 29.6 Å². The van der Waals surface area contributed by atoms with E-state index < -0.39 is 0 Å². The molecule has 1 aromatic rings. The van der Waals surface area contributed by atoms with Gasteiger partial charge in [-0.3, -0.25) is 4.98 Å². The number of aromatic nitrogens is 1. The number of hydrogen-bond acceptors (Lipinski definition) is 1. The van der Waals surface area contributed by atoms with Crippen LogP contribution in [-0.4, -0.2) is 4.98 Å². The van der Waals surface area contributed by atoms with E-state index in [2.05, 4.69) is 37.2 Å². The molecular formula is C14H23N. The van der Waals surface area contributed by atoms with Crippen LogP contribution in [0.5, 0.6) is 0 Å². The minimum Gasteiger partial charge on any atom is -0.261 e. The maximum Gasteiger partial charge on any atom is 0.0403 e. The van der Waals surface area contributed by atoms with Gasteiger partial charge in [-0.2, -0.15) is 0 Å². The fraction of sp³-hybridized carbons (Fsp3) is 0.643. The van der Waals surface area contributed by atoms with Gasteiger partial charge in [0.2, 0.25) is 0 Å². The second-order valence-corrected chi connectivity index (χ2v) is 4.22. The summed E-state index contributed by atoms with van der Waals surface area (Å²) in [4.78, 5) is 4.49. The molecule has 0 fully saturated rings. The van der Waals surface area contributed by atoms with Crippen LogP contribution < -0.4 is 0 Å². The van der Waals surface area contributed by atoms with Crippen LogP contribution in [0.25, 0.3) is 0 Å². The normalized spacial score (nSPS) is 10.5. The van der Waals surface area contributed by atoms with Gasteiger partial charge in [0.25, 0.3) is 0 Å². The molecule has 0 aliphatic rings. The van der Waals surface area contributed by atoms with E-state index in [1.807, 2.05) is 0 Å². The lowest BCUT2D eigenvalue weighted by atomic mass is 10.1. The zero-order valence-corrected chi connectivity index (χ0v) is 10.1. The average Bonchev–Trinajstić information content (AvgIpc) is 2.28. The summed E-state index contributed by atoms with van der Waals surface area (Å²) in [5.74, 6) is 0. The van der Waals surface area contributed by atoms with Gasteiger partial charge in [-0.15, -0.1) is 0 Å². The number of hydrogen-bond donors (Lipinski definition) is 0. The molecule has 0 aliphatic heterocycles. The highest BCUT2D eigenvalue weighted by atomic mass is 14.7. The second kappa shape index (κ2) is 7.44. The maximum absolute atomic E-state index is 4.49. The Balaban J connectivity index is 2.35. The lowest BCUT2D eigenvalue weighted by Crippen LogP contribution is -1.92. The summed E-state index contributed by atoms with van der Waals surface area (Å²) in [5.41, 5.74) is 2.64. The molecule has 0 N–H and O–H groups in total. The Morgan fingerprint density at radius 2 is 1.73 bits per heavy atom. The molecule has 0 amide bonds. The Hall–Kier alpha value is -0.850. The lowest BCUT2D eigenvalue weighted by Gasteiger charge is -2.02. The van der Waals surface area contributed by atoms with Gasteiger partial charge in [0.15, 0.2) is 0 Å². The van der Waals surface area contributed by atoms with Gasteiger partial charge in [0.05, 0.1) is 0 Å². The SMILES string of the molecule is CCCCCc1ccc(CCCC)nc1. The summed E-state index contributed by atoms with van der Waals surface area (Å²) in [5, 5.41) is 0. The number of aryl methyl sites for hydroxylation is 2. The smallest absolute Gasteiger partial charge is 0.0403 e. The Labute approximate surface area is 93.9 Å². The highest BCUT2D eigenvalue weighted by molar-refractivity contribution is 5.14. The van der Waals surface area contributed by atoms with Crippen LogP contribution in [0.1, 0.15) is 57.2 Å². The predicted molar refractivity (Wildman–Crippen MR) is 66.1 cm³/mol. The Morgan fingerprint density at radius 3 is 2.33 bits per heavy atom. The van der Waals surface area contributed by atoms with Crippen molar-refractivity contribution in [2.75, 3.05) is 0 Å². The molecular weight excluding hydrogens is 182 g/mol. The van der Waals surface area contributed by atoms with E-state index in [4.69, 9.17) is 0 Å². The molecule has 0 aromatic carbocycles. The first kappa shape index (κ1) is 12.2. The first-order valence-electron chi connectivity index (χ1n) is 6.30. The number of unbranched alkanes of at least 4 members (excludes halogenated alkanes) is 3. The van der Waals surface area contributed by atoms with Gasteiger partial charge in [0.1, 0.15) is 0 Å². The van der Waals surface area contributed by atoms with Gasteiger partial charge < -0.3 is 0 Å². The third-order valence-corrected chi connectivity index (χ3v) is 2.74. The van der Waals surface area contributed by atoms with E-state index >= 15 is 0 Å². The van der Waals surface area contributed by atoms with E-state index in [0.29, 0.717) is 0 Å². The van der Waals surface area contributed by atoms with Crippen molar-refractivity contribution < 1.29 is 0 Å². The van der Waals surface area contributed by atoms with Crippen molar-refractivity contribution in [3.63, 3.8) is 0 Å². The topological polar surface area (TPSA) is 12.9 Å². The molecule has 0 atom stereocenters. The summed E-state index contributed by atoms with van der Waals surface area (Å²) in [6.45, 7) is 4.46. The van der Waals surface area contributed by atoms with Crippen LogP contribution in [0.15, 0.2) is 18.3 Å². The molecule has 0 radical (unpaired) electrons. The molecule has 1 heterocycles. The van der Waals surface area contributed by atoms with Crippen molar-refractivity contribution in [3.8, 4) is 0 Å². The lowest BCUT2D eigenvalue weighted by molar-refractivity contribution is 0.714. The molecule has 0 bridgehead atoms. The van der Waals surface area contributed by atoms with Crippen LogP contribution in [-0.2, 0) is 12.8 Å². The van der Waals surface area contributed by atoms with Crippen molar-refractivity contribution in [2.45, 2.75) is 58.8 Å². The Morgan fingerprint density at radius 1 is 0.933 bits per heavy atom. The minimum absolute atomic E-state index is 1.13. The molecule has 15 heavy (non-hydrogen) atoms. The fourth-order valence-corrected chi connectivity index (χ4v) is 1.69. The van der Waals surface area contributed by atoms with Crippen molar-refractivity contribution in [1.82, 2.24) is 4.98 Å².